The van der Waals surface area contributed by atoms with E-state index >= 15 is 0 Å². The lowest BCUT2D eigenvalue weighted by Gasteiger charge is -2.26. The van der Waals surface area contributed by atoms with E-state index in [1.807, 2.05) is 120 Å². The molecule has 222 valence electrons. The second kappa shape index (κ2) is 12.7. The second-order valence-electron chi connectivity index (χ2n) is 11.5. The van der Waals surface area contributed by atoms with Crippen molar-refractivity contribution in [3.05, 3.63) is 200 Å². The van der Waals surface area contributed by atoms with Gasteiger partial charge in [-0.15, -0.1) is 0 Å². The van der Waals surface area contributed by atoms with Crippen LogP contribution in [0.1, 0.15) is 5.48 Å². The van der Waals surface area contributed by atoms with Gasteiger partial charge in [0.15, 0.2) is 0 Å². The minimum absolute atomic E-state index is 0.0325. The zero-order valence-corrected chi connectivity index (χ0v) is 25.7. The predicted molar refractivity (Wildman–Crippen MR) is 200 cm³/mol. The number of benzene rings is 8. The Hall–Kier alpha value is -6.18. The Bertz CT molecular complexity index is 2470. The zero-order valence-electron chi connectivity index (χ0n) is 29.7. The van der Waals surface area contributed by atoms with Crippen molar-refractivity contribution in [3.63, 3.8) is 0 Å². The van der Waals surface area contributed by atoms with Gasteiger partial charge in [-0.25, -0.2) is 0 Å². The smallest absolute Gasteiger partial charge is 0.0651 e. The Kier molecular flexibility index (Phi) is 6.50. The largest absolute Gasteiger partial charge is 0.310 e. The first-order valence-corrected chi connectivity index (χ1v) is 15.8. The van der Waals surface area contributed by atoms with E-state index in [-0.39, 0.29) is 29.9 Å². The number of nitrogens with zero attached hydrogens (tertiary/aromatic N) is 1. The molecule has 0 N–H and O–H groups in total. The molecule has 8 rings (SSSR count). The molecule has 0 saturated carbocycles. The lowest BCUT2D eigenvalue weighted by molar-refractivity contribution is 1.28. The molecule has 0 spiro atoms. The molecule has 1 nitrogen and oxygen atoms in total. The van der Waals surface area contributed by atoms with Crippen LogP contribution in [0.5, 0.6) is 0 Å². The molecule has 0 aliphatic heterocycles. The van der Waals surface area contributed by atoms with Gasteiger partial charge >= 0.3 is 0 Å². The first-order chi connectivity index (χ1) is 25.0. The van der Waals surface area contributed by atoms with Crippen LogP contribution < -0.4 is 4.90 Å². The van der Waals surface area contributed by atoms with Crippen molar-refractivity contribution in [2.24, 2.45) is 0 Å². The molecule has 0 heterocycles. The van der Waals surface area contributed by atoms with Gasteiger partial charge in [0.2, 0.25) is 0 Å². The van der Waals surface area contributed by atoms with Gasteiger partial charge in [-0.1, -0.05) is 164 Å². The summed E-state index contributed by atoms with van der Waals surface area (Å²) in [5.41, 5.74) is 9.35. The van der Waals surface area contributed by atoms with Gasteiger partial charge in [-0.05, 0) is 91.6 Å². The molecule has 0 aromatic heterocycles. The number of anilines is 3. The van der Waals surface area contributed by atoms with E-state index in [0.29, 0.717) is 11.1 Å². The first-order valence-electron chi connectivity index (χ1n) is 17.8. The molecule has 0 radical (unpaired) electrons. The van der Waals surface area contributed by atoms with Crippen molar-refractivity contribution in [2.75, 3.05) is 4.90 Å². The molecule has 0 atom stereocenters. The van der Waals surface area contributed by atoms with Gasteiger partial charge < -0.3 is 4.90 Å². The third-order valence-electron chi connectivity index (χ3n) is 8.58. The average Bonchev–Trinajstić information content (AvgIpc) is 3.20. The van der Waals surface area contributed by atoms with E-state index in [1.165, 1.54) is 5.56 Å². The summed E-state index contributed by atoms with van der Waals surface area (Å²) in [6.07, 6.45) is 0. The third kappa shape index (κ3) is 5.83. The van der Waals surface area contributed by atoms with Crippen LogP contribution in [0, 0.1) is 0 Å². The van der Waals surface area contributed by atoms with Crippen LogP contribution in [0.15, 0.2) is 200 Å². The summed E-state index contributed by atoms with van der Waals surface area (Å²) in [4.78, 5) is 1.88. The van der Waals surface area contributed by atoms with Crippen molar-refractivity contribution < 1.29 is 5.48 Å². The van der Waals surface area contributed by atoms with E-state index in [4.69, 9.17) is 2.74 Å². The number of hydrogen-bond donors (Lipinski definition) is 0. The lowest BCUT2D eigenvalue weighted by Crippen LogP contribution is -2.10. The van der Waals surface area contributed by atoms with E-state index in [1.54, 1.807) is 0 Å². The topological polar surface area (TPSA) is 3.24 Å². The molecule has 0 saturated heterocycles. The maximum absolute atomic E-state index is 9.65. The van der Waals surface area contributed by atoms with Crippen LogP contribution in [0.2, 0.25) is 0 Å². The Labute approximate surface area is 282 Å². The van der Waals surface area contributed by atoms with Gasteiger partial charge in [0.1, 0.15) is 0 Å². The molecular formula is C46H33N. The maximum atomic E-state index is 9.65. The maximum Gasteiger partial charge on any atom is 0.0651 e. The van der Waals surface area contributed by atoms with Crippen LogP contribution in [-0.4, -0.2) is 0 Å². The average molecular weight is 604 g/mol. The second-order valence-corrected chi connectivity index (χ2v) is 11.5. The minimum atomic E-state index is -0.218. The van der Waals surface area contributed by atoms with Crippen molar-refractivity contribution in [2.45, 2.75) is 0 Å². The Balaban J connectivity index is 1.27. The van der Waals surface area contributed by atoms with E-state index in [2.05, 4.69) is 60.7 Å². The zero-order chi connectivity index (χ0) is 34.9. The van der Waals surface area contributed by atoms with Crippen LogP contribution in [0.25, 0.3) is 55.3 Å². The van der Waals surface area contributed by atoms with E-state index in [0.717, 1.165) is 50.0 Å². The number of hydrogen-bond acceptors (Lipinski definition) is 1. The predicted octanol–water partition coefficient (Wildman–Crippen LogP) is 13.0. The standard InChI is InChI=1S/C46H33N/c1-3-11-34(12-4-1)36-21-23-37(24-22-36)39-27-31-43(32-28-39)47(42-29-25-38(26-30-42)35-13-5-2-6-14-35)44-18-9-17-41(33-44)46-20-10-16-40-15-7-8-19-45(40)46/h1-33H/i9D,17D,18D,33D. The lowest BCUT2D eigenvalue weighted by atomic mass is 9.97. The molecule has 0 bridgehead atoms. The summed E-state index contributed by atoms with van der Waals surface area (Å²) in [7, 11) is 0. The van der Waals surface area contributed by atoms with Gasteiger partial charge in [0.05, 0.1) is 5.48 Å². The van der Waals surface area contributed by atoms with Crippen molar-refractivity contribution in [1.82, 2.24) is 0 Å². The summed E-state index contributed by atoms with van der Waals surface area (Å²) in [5.74, 6) is 0. The quantitative estimate of drug-likeness (QED) is 0.175. The highest BCUT2D eigenvalue weighted by Crippen LogP contribution is 2.39. The fourth-order valence-corrected chi connectivity index (χ4v) is 6.15. The monoisotopic (exact) mass is 603 g/mol. The van der Waals surface area contributed by atoms with Gasteiger partial charge in [0, 0.05) is 17.1 Å². The van der Waals surface area contributed by atoms with Crippen molar-refractivity contribution in [1.29, 1.82) is 0 Å². The summed E-state index contributed by atoms with van der Waals surface area (Å²) >= 11 is 0. The summed E-state index contributed by atoms with van der Waals surface area (Å²) in [5, 5.41) is 1.88. The Morgan fingerprint density at radius 2 is 0.787 bits per heavy atom. The number of rotatable bonds is 7. The molecule has 0 amide bonds. The normalized spacial score (nSPS) is 12.2. The van der Waals surface area contributed by atoms with Crippen molar-refractivity contribution in [3.8, 4) is 44.5 Å². The van der Waals surface area contributed by atoms with Crippen LogP contribution in [-0.2, 0) is 0 Å². The molecule has 0 fully saturated rings. The molecule has 0 aliphatic rings. The first kappa shape index (κ1) is 24.1. The van der Waals surface area contributed by atoms with Gasteiger partial charge in [-0.3, -0.25) is 0 Å². The van der Waals surface area contributed by atoms with Crippen LogP contribution in [0.4, 0.5) is 17.1 Å². The fourth-order valence-electron chi connectivity index (χ4n) is 6.15. The SMILES string of the molecule is [2H]c1c([2H])c(-c2cccc3ccccc23)c([2H])c(N(c2ccc(-c3ccccc3)cc2)c2ccc(-c3ccc(-c4ccccc4)cc3)cc2)c1[2H]. The van der Waals surface area contributed by atoms with Gasteiger partial charge in [-0.2, -0.15) is 0 Å². The van der Waals surface area contributed by atoms with Gasteiger partial charge in [0.25, 0.3) is 0 Å². The molecular weight excluding hydrogens is 567 g/mol. The summed E-state index contributed by atoms with van der Waals surface area (Å²) in [6, 6.07) is 58.4. The highest BCUT2D eigenvalue weighted by Gasteiger charge is 2.15. The molecule has 47 heavy (non-hydrogen) atoms. The Morgan fingerprint density at radius 3 is 1.34 bits per heavy atom. The Morgan fingerprint density at radius 1 is 0.340 bits per heavy atom. The molecule has 0 unspecified atom stereocenters. The molecule has 8 aromatic rings. The van der Waals surface area contributed by atoms with E-state index < -0.39 is 0 Å². The summed E-state index contributed by atoms with van der Waals surface area (Å²) in [6.45, 7) is 0. The number of fused-ring (bicyclic) bond motifs is 1. The van der Waals surface area contributed by atoms with Crippen LogP contribution in [0.3, 0.4) is 0 Å². The highest BCUT2D eigenvalue weighted by atomic mass is 15.1. The van der Waals surface area contributed by atoms with Crippen LogP contribution >= 0.6 is 0 Å². The van der Waals surface area contributed by atoms with E-state index in [9.17, 15) is 2.74 Å². The molecule has 0 aliphatic carbocycles. The third-order valence-corrected chi connectivity index (χ3v) is 8.58. The highest BCUT2D eigenvalue weighted by molar-refractivity contribution is 5.97. The minimum Gasteiger partial charge on any atom is -0.310 e. The molecule has 1 heteroatoms. The fraction of sp³-hybridized carbons (Fsp3) is 0. The summed E-state index contributed by atoms with van der Waals surface area (Å²) < 4.78 is 36.8. The molecule has 8 aromatic carbocycles. The van der Waals surface area contributed by atoms with Crippen molar-refractivity contribution >= 4 is 27.8 Å².